The number of aryl methyl sites for hydroxylation is 2. The van der Waals surface area contributed by atoms with Crippen LogP contribution in [0.15, 0.2) is 145 Å². The first-order valence-corrected chi connectivity index (χ1v) is 17.8. The fourth-order valence-corrected chi connectivity index (χ4v) is 7.85. The quantitative estimate of drug-likeness (QED) is 0.202. The Morgan fingerprint density at radius 3 is 1.98 bits per heavy atom. The molecule has 2 heteroatoms. The van der Waals surface area contributed by atoms with Gasteiger partial charge in [-0.05, 0) is 134 Å². The molecule has 48 heavy (non-hydrogen) atoms. The lowest BCUT2D eigenvalue weighted by atomic mass is 9.91. The molecule has 0 spiro atoms. The summed E-state index contributed by atoms with van der Waals surface area (Å²) < 4.78 is 0. The molecule has 0 fully saturated rings. The first-order chi connectivity index (χ1) is 23.7. The van der Waals surface area contributed by atoms with Crippen molar-refractivity contribution in [3.8, 4) is 0 Å². The molecule has 4 aromatic rings. The molecule has 0 aromatic heterocycles. The monoisotopic (exact) mass is 624 g/mol. The number of nitrogens with zero attached hydrogens (tertiary/aromatic N) is 2. The zero-order chi connectivity index (χ0) is 32.5. The lowest BCUT2D eigenvalue weighted by molar-refractivity contribution is 0.896. The van der Waals surface area contributed by atoms with Crippen molar-refractivity contribution in [2.45, 2.75) is 65.2 Å². The van der Waals surface area contributed by atoms with Crippen LogP contribution in [0, 0.1) is 13.8 Å². The molecule has 8 rings (SSSR count). The molecule has 4 aromatic carbocycles. The van der Waals surface area contributed by atoms with Crippen LogP contribution in [-0.4, -0.2) is 0 Å². The number of hydrogen-bond acceptors (Lipinski definition) is 2. The molecule has 0 saturated carbocycles. The van der Waals surface area contributed by atoms with Gasteiger partial charge in [0.2, 0.25) is 0 Å². The van der Waals surface area contributed by atoms with Crippen LogP contribution in [0.2, 0.25) is 0 Å². The highest BCUT2D eigenvalue weighted by Gasteiger charge is 2.24. The van der Waals surface area contributed by atoms with E-state index in [1.165, 1.54) is 78.3 Å². The van der Waals surface area contributed by atoms with E-state index in [9.17, 15) is 0 Å². The van der Waals surface area contributed by atoms with Crippen LogP contribution in [0.5, 0.6) is 0 Å². The summed E-state index contributed by atoms with van der Waals surface area (Å²) in [6, 6.07) is 27.2. The van der Waals surface area contributed by atoms with Crippen LogP contribution in [0.1, 0.15) is 72.8 Å². The van der Waals surface area contributed by atoms with Crippen LogP contribution in [0.4, 0.5) is 17.1 Å². The van der Waals surface area contributed by atoms with Gasteiger partial charge < -0.3 is 9.80 Å². The summed E-state index contributed by atoms with van der Waals surface area (Å²) in [7, 11) is 0. The van der Waals surface area contributed by atoms with E-state index in [4.69, 9.17) is 0 Å². The molecule has 0 amide bonds. The molecule has 0 bridgehead atoms. The van der Waals surface area contributed by atoms with Crippen molar-refractivity contribution in [2.24, 2.45) is 0 Å². The molecule has 0 radical (unpaired) electrons. The topological polar surface area (TPSA) is 6.48 Å². The number of rotatable bonds is 7. The average Bonchev–Trinajstić information content (AvgIpc) is 3.15. The van der Waals surface area contributed by atoms with E-state index in [0.29, 0.717) is 0 Å². The molecule has 0 unspecified atom stereocenters. The molecule has 4 aliphatic rings. The van der Waals surface area contributed by atoms with Gasteiger partial charge in [0.25, 0.3) is 0 Å². The minimum Gasteiger partial charge on any atom is -0.314 e. The fraction of sp³-hybridized carbons (Fsp3) is 0.217. The normalized spacial score (nSPS) is 17.0. The Morgan fingerprint density at radius 2 is 1.25 bits per heavy atom. The highest BCUT2D eigenvalue weighted by atomic mass is 15.2. The molecule has 0 atom stereocenters. The van der Waals surface area contributed by atoms with Crippen LogP contribution in [-0.2, 0) is 6.42 Å². The van der Waals surface area contributed by atoms with Gasteiger partial charge in [-0.2, -0.15) is 0 Å². The van der Waals surface area contributed by atoms with Gasteiger partial charge in [-0.15, -0.1) is 0 Å². The summed E-state index contributed by atoms with van der Waals surface area (Å²) in [4.78, 5) is 5.04. The zero-order valence-electron chi connectivity index (χ0n) is 28.3. The predicted molar refractivity (Wildman–Crippen MR) is 206 cm³/mol. The summed E-state index contributed by atoms with van der Waals surface area (Å²) >= 11 is 0. The Morgan fingerprint density at radius 1 is 0.542 bits per heavy atom. The molecule has 0 aliphatic heterocycles. The van der Waals surface area contributed by atoms with Crippen molar-refractivity contribution < 1.29 is 0 Å². The lowest BCUT2D eigenvalue weighted by Gasteiger charge is -2.34. The van der Waals surface area contributed by atoms with Crippen molar-refractivity contribution in [3.05, 3.63) is 172 Å². The molecule has 0 heterocycles. The second-order valence-electron chi connectivity index (χ2n) is 13.5. The maximum Gasteiger partial charge on any atom is 0.0565 e. The van der Waals surface area contributed by atoms with Crippen LogP contribution in [0.3, 0.4) is 0 Å². The third-order valence-electron chi connectivity index (χ3n) is 10.3. The highest BCUT2D eigenvalue weighted by Crippen LogP contribution is 2.42. The minimum absolute atomic E-state index is 0.994. The van der Waals surface area contributed by atoms with Crippen molar-refractivity contribution in [1.82, 2.24) is 0 Å². The SMILES string of the molecule is Cc1ccc2c(c1N(C1=CCCC=C1)c1ccc(C3=CC=C(N(C4=CCCC=C4)c4c(C)ccc5ccccc45)CC3)cc1)CCC=C2. The Kier molecular flexibility index (Phi) is 8.32. The Bertz CT molecular complexity index is 2090. The number of allylic oxidation sites excluding steroid dienone is 11. The summed E-state index contributed by atoms with van der Waals surface area (Å²) in [5.41, 5.74) is 15.9. The van der Waals surface area contributed by atoms with E-state index >= 15 is 0 Å². The summed E-state index contributed by atoms with van der Waals surface area (Å²) in [6.45, 7) is 4.52. The molecule has 238 valence electrons. The van der Waals surface area contributed by atoms with E-state index < -0.39 is 0 Å². The minimum atomic E-state index is 0.994. The van der Waals surface area contributed by atoms with Gasteiger partial charge in [0.15, 0.2) is 0 Å². The standard InChI is InChI=1S/C46H44N2/c1-33-21-23-37-13-9-11-19-43(37)45(33)47(39-15-5-3-6-16-39)41-29-25-35(26-30-41)36-27-31-42(32-28-36)48(40-17-7-4-8-18-40)46-34(2)22-24-38-14-10-12-20-44(38)46/h5,7,9-11,13-19,21-25,27-29,31-32H,3-4,6,8,12,20,26,30H2,1-2H3. The number of hydrogen-bond donors (Lipinski definition) is 0. The van der Waals surface area contributed by atoms with Gasteiger partial charge >= 0.3 is 0 Å². The van der Waals surface area contributed by atoms with E-state index in [1.54, 1.807) is 0 Å². The van der Waals surface area contributed by atoms with Crippen LogP contribution >= 0.6 is 0 Å². The van der Waals surface area contributed by atoms with Gasteiger partial charge in [-0.1, -0.05) is 103 Å². The highest BCUT2D eigenvalue weighted by molar-refractivity contribution is 5.98. The summed E-state index contributed by atoms with van der Waals surface area (Å²) in [5.74, 6) is 0. The molecular formula is C46H44N2. The van der Waals surface area contributed by atoms with Gasteiger partial charge in [-0.25, -0.2) is 0 Å². The number of fused-ring (bicyclic) bond motifs is 2. The smallest absolute Gasteiger partial charge is 0.0565 e. The first kappa shape index (κ1) is 30.3. The van der Waals surface area contributed by atoms with Gasteiger partial charge in [0.1, 0.15) is 0 Å². The number of anilines is 3. The van der Waals surface area contributed by atoms with E-state index in [2.05, 4.69) is 157 Å². The van der Waals surface area contributed by atoms with Crippen LogP contribution < -0.4 is 9.80 Å². The average molecular weight is 625 g/mol. The third-order valence-corrected chi connectivity index (χ3v) is 10.3. The van der Waals surface area contributed by atoms with Crippen molar-refractivity contribution in [2.75, 3.05) is 9.80 Å². The van der Waals surface area contributed by atoms with E-state index in [0.717, 1.165) is 51.4 Å². The van der Waals surface area contributed by atoms with Crippen LogP contribution in [0.25, 0.3) is 22.4 Å². The second-order valence-corrected chi connectivity index (χ2v) is 13.5. The number of benzene rings is 4. The van der Waals surface area contributed by atoms with Crippen molar-refractivity contribution in [1.29, 1.82) is 0 Å². The van der Waals surface area contributed by atoms with Gasteiger partial charge in [0.05, 0.1) is 11.4 Å². The first-order valence-electron chi connectivity index (χ1n) is 17.8. The Hall–Kier alpha value is -5.08. The van der Waals surface area contributed by atoms with Crippen molar-refractivity contribution in [3.63, 3.8) is 0 Å². The molecule has 4 aliphatic carbocycles. The molecule has 0 saturated heterocycles. The van der Waals surface area contributed by atoms with E-state index in [1.807, 2.05) is 0 Å². The lowest BCUT2D eigenvalue weighted by Crippen LogP contribution is -2.24. The summed E-state index contributed by atoms with van der Waals surface area (Å²) in [5, 5.41) is 2.59. The van der Waals surface area contributed by atoms with Gasteiger partial charge in [-0.3, -0.25) is 0 Å². The molecule has 2 nitrogen and oxygen atoms in total. The largest absolute Gasteiger partial charge is 0.314 e. The Labute approximate surface area is 286 Å². The van der Waals surface area contributed by atoms with E-state index in [-0.39, 0.29) is 0 Å². The van der Waals surface area contributed by atoms with Gasteiger partial charge in [0, 0.05) is 28.2 Å². The molecule has 0 N–H and O–H groups in total. The molecular weight excluding hydrogens is 581 g/mol. The Balaban J connectivity index is 1.15. The van der Waals surface area contributed by atoms with Crippen molar-refractivity contribution >= 4 is 39.5 Å². The maximum atomic E-state index is 2.53. The third kappa shape index (κ3) is 5.70. The second kappa shape index (κ2) is 13.2. The maximum absolute atomic E-state index is 2.53. The zero-order valence-corrected chi connectivity index (χ0v) is 28.3. The predicted octanol–water partition coefficient (Wildman–Crippen LogP) is 12.6. The fourth-order valence-electron chi connectivity index (χ4n) is 7.85. The summed E-state index contributed by atoms with van der Waals surface area (Å²) in [6.07, 6.45) is 32.0.